The highest BCUT2D eigenvalue weighted by Crippen LogP contribution is 2.51. The van der Waals surface area contributed by atoms with Crippen molar-refractivity contribution < 1.29 is 42.4 Å². The Bertz CT molecular complexity index is 3380. The molecule has 59 heavy (non-hydrogen) atoms. The van der Waals surface area contributed by atoms with E-state index >= 15 is 4.39 Å². The lowest BCUT2D eigenvalue weighted by molar-refractivity contribution is 0.139. The Balaban J connectivity index is 0.000000153. The molecule has 12 rings (SSSR count). The Morgan fingerprint density at radius 2 is 1.41 bits per heavy atom. The molecule has 0 radical (unpaired) electrons. The number of carboxylic acid groups (broad SMARTS) is 2. The summed E-state index contributed by atoms with van der Waals surface area (Å²) in [5.74, 6) is -2.50. The summed E-state index contributed by atoms with van der Waals surface area (Å²) in [6, 6.07) is 1.98. The van der Waals surface area contributed by atoms with Gasteiger partial charge in [0.2, 0.25) is 22.4 Å². The van der Waals surface area contributed by atoms with Crippen molar-refractivity contribution in [3.05, 3.63) is 83.7 Å². The number of thiazole rings is 2. The summed E-state index contributed by atoms with van der Waals surface area (Å²) in [5, 5.41) is 22.8. The molecule has 4 atom stereocenters. The highest BCUT2D eigenvalue weighted by molar-refractivity contribution is 7.17. The molecule has 14 nitrogen and oxygen atoms in total. The molecule has 3 aliphatic carbocycles. The summed E-state index contributed by atoms with van der Waals surface area (Å²) in [7, 11) is 0. The fourth-order valence-corrected chi connectivity index (χ4v) is 11.8. The van der Waals surface area contributed by atoms with Crippen molar-refractivity contribution in [2.75, 3.05) is 31.1 Å². The van der Waals surface area contributed by atoms with Crippen molar-refractivity contribution >= 4 is 93.9 Å². The Morgan fingerprint density at radius 1 is 0.864 bits per heavy atom. The number of hydrogen-bond acceptors (Lipinski definition) is 12. The number of benzene rings is 2. The summed E-state index contributed by atoms with van der Waals surface area (Å²) >= 11 is 2.29. The number of fused-ring (bicyclic) bond motifs is 1. The fraction of sp³-hybridized carbons (Fsp3) is 0.300. The molecule has 4 aliphatic rings. The second-order valence-corrected chi connectivity index (χ2v) is 16.7. The number of aromatic nitrogens is 2. The molecule has 2 aromatic carbocycles. The Kier molecular flexibility index (Phi) is 8.19. The lowest BCUT2D eigenvalue weighted by atomic mass is 9.60. The standard InChI is InChI=1S/C25H23FN4O4S.C15H8F2N2O4S/c1-2-28-18-16-10-35-23-22(34-24(32)33)21(31)12-7-15(26)20(17(18)19(12)30(16)23)29-8-13-11-3-5-25(27,6-4-11)14(13)9-29;1-2-18-10-7-4-24-14-13(23-15(21)22)12(20)5-3-6(16)9(17)8(10)11(5)19(7)14/h3,5,7,10-11,13-14H,2,4,6,8-9,27H2,1H3,(H,32,33);3-4H,2H2,1H3,(H,21,22). The van der Waals surface area contributed by atoms with E-state index in [9.17, 15) is 33.1 Å². The molecule has 0 spiro atoms. The van der Waals surface area contributed by atoms with Gasteiger partial charge in [0, 0.05) is 48.4 Å². The van der Waals surface area contributed by atoms with Gasteiger partial charge >= 0.3 is 12.3 Å². The predicted octanol–water partition coefficient (Wildman–Crippen LogP) is 6.19. The van der Waals surface area contributed by atoms with E-state index in [1.807, 2.05) is 12.3 Å². The number of ether oxygens (including phenoxy) is 2. The van der Waals surface area contributed by atoms with Crippen LogP contribution in [-0.4, -0.2) is 63.0 Å². The molecule has 1 saturated carbocycles. The monoisotopic (exact) mass is 844 g/mol. The van der Waals surface area contributed by atoms with Crippen LogP contribution >= 0.6 is 22.7 Å². The van der Waals surface area contributed by atoms with E-state index in [2.05, 4.69) is 26.8 Å². The molecule has 6 aromatic heterocycles. The quantitative estimate of drug-likeness (QED) is 0.133. The number of nitrogens with two attached hydrogens (primary N) is 1. The highest BCUT2D eigenvalue weighted by atomic mass is 32.1. The van der Waals surface area contributed by atoms with Crippen LogP contribution in [0, 0.1) is 35.2 Å². The van der Waals surface area contributed by atoms with Crippen molar-refractivity contribution in [1.29, 1.82) is 0 Å². The number of hydrogen-bond donors (Lipinski definition) is 3. The second kappa shape index (κ2) is 13.0. The summed E-state index contributed by atoms with van der Waals surface area (Å²) in [4.78, 5) is 59.6. The number of nitrogens with zero attached hydrogens (tertiary/aromatic N) is 5. The van der Waals surface area contributed by atoms with Crippen molar-refractivity contribution in [3.8, 4) is 11.5 Å². The van der Waals surface area contributed by atoms with Crippen molar-refractivity contribution in [3.63, 3.8) is 0 Å². The zero-order valence-electron chi connectivity index (χ0n) is 31.0. The van der Waals surface area contributed by atoms with E-state index in [1.54, 1.807) is 16.7 Å². The minimum absolute atomic E-state index is 0.0846. The number of anilines is 1. The van der Waals surface area contributed by atoms with Gasteiger partial charge in [-0.1, -0.05) is 12.2 Å². The average Bonchev–Trinajstić information content (AvgIpc) is 4.03. The third kappa shape index (κ3) is 5.07. The molecular weight excluding hydrogens is 814 g/mol. The molecule has 4 N–H and O–H groups in total. The SMILES string of the molecule is CCN=c1c2c(F)c(F)cc3c(=O)c(OC(=O)O)c4scc1n4c32.CCN=c1c2c(N3CC4C5C=CC(N)(CC5)C4C3)c(F)cc3c(=O)c(OC(=O)O)c4scc1n4c32. The molecule has 1 aliphatic heterocycles. The summed E-state index contributed by atoms with van der Waals surface area (Å²) in [6.07, 6.45) is 3.13. The fourth-order valence-electron chi connectivity index (χ4n) is 9.80. The Labute approximate surface area is 336 Å². The van der Waals surface area contributed by atoms with Gasteiger partial charge < -0.3 is 30.3 Å². The number of pyridine rings is 2. The van der Waals surface area contributed by atoms with Crippen LogP contribution in [0.3, 0.4) is 0 Å². The molecule has 7 heterocycles. The summed E-state index contributed by atoms with van der Waals surface area (Å²) in [6.45, 7) is 5.80. The van der Waals surface area contributed by atoms with E-state index in [0.717, 1.165) is 30.2 Å². The van der Waals surface area contributed by atoms with Gasteiger partial charge in [0.05, 0.1) is 60.0 Å². The minimum atomic E-state index is -1.66. The van der Waals surface area contributed by atoms with Crippen LogP contribution in [0.4, 0.5) is 28.4 Å². The maximum atomic E-state index is 16.0. The molecule has 2 bridgehead atoms. The lowest BCUT2D eigenvalue weighted by Crippen LogP contribution is -2.55. The van der Waals surface area contributed by atoms with Crippen LogP contribution in [0.2, 0.25) is 0 Å². The smallest absolute Gasteiger partial charge is 0.449 e. The maximum absolute atomic E-state index is 16.0. The van der Waals surface area contributed by atoms with Crippen molar-refractivity contribution in [2.45, 2.75) is 32.2 Å². The first kappa shape index (κ1) is 37.2. The van der Waals surface area contributed by atoms with Crippen LogP contribution in [0.1, 0.15) is 26.7 Å². The Morgan fingerprint density at radius 3 is 1.92 bits per heavy atom. The van der Waals surface area contributed by atoms with Gasteiger partial charge in [-0.3, -0.25) is 28.4 Å². The van der Waals surface area contributed by atoms with E-state index in [4.69, 9.17) is 20.6 Å². The van der Waals surface area contributed by atoms with Crippen molar-refractivity contribution in [1.82, 2.24) is 8.80 Å². The summed E-state index contributed by atoms with van der Waals surface area (Å²) < 4.78 is 57.1. The molecule has 0 amide bonds. The second-order valence-electron chi connectivity index (χ2n) is 15.0. The van der Waals surface area contributed by atoms with E-state index in [1.165, 1.54) is 21.8 Å². The predicted molar refractivity (Wildman–Crippen MR) is 215 cm³/mol. The molecule has 8 aromatic rings. The number of rotatable bonds is 5. The van der Waals surface area contributed by atoms with Gasteiger partial charge in [-0.15, -0.1) is 22.7 Å². The van der Waals surface area contributed by atoms with E-state index in [0.29, 0.717) is 75.8 Å². The van der Waals surface area contributed by atoms with Gasteiger partial charge in [0.15, 0.2) is 11.6 Å². The van der Waals surface area contributed by atoms with Crippen LogP contribution in [0.25, 0.3) is 53.3 Å². The van der Waals surface area contributed by atoms with Gasteiger partial charge in [-0.2, -0.15) is 0 Å². The average molecular weight is 845 g/mol. The molecule has 4 unspecified atom stereocenters. The first-order chi connectivity index (χ1) is 28.3. The molecule has 2 fully saturated rings. The van der Waals surface area contributed by atoms with E-state index < -0.39 is 46.4 Å². The first-order valence-corrected chi connectivity index (χ1v) is 20.5. The summed E-state index contributed by atoms with van der Waals surface area (Å²) in [5.41, 5.74) is 7.33. The van der Waals surface area contributed by atoms with Crippen LogP contribution in [-0.2, 0) is 0 Å². The van der Waals surface area contributed by atoms with Crippen molar-refractivity contribution in [2.24, 2.45) is 33.5 Å². The third-order valence-electron chi connectivity index (χ3n) is 12.1. The number of carbonyl (C=O) groups is 2. The minimum Gasteiger partial charge on any atom is -0.449 e. The highest BCUT2D eigenvalue weighted by Gasteiger charge is 2.53. The van der Waals surface area contributed by atoms with Crippen LogP contribution < -0.4 is 41.7 Å². The molecule has 1 saturated heterocycles. The molecular formula is C40H31F3N6O8S2. The van der Waals surface area contributed by atoms with E-state index in [-0.39, 0.29) is 49.1 Å². The topological polar surface area (TPSA) is 190 Å². The maximum Gasteiger partial charge on any atom is 0.511 e. The normalized spacial score (nSPS) is 22.0. The zero-order chi connectivity index (χ0) is 41.4. The Hall–Kier alpha value is -6.05. The first-order valence-electron chi connectivity index (χ1n) is 18.7. The van der Waals surface area contributed by atoms with Gasteiger partial charge in [-0.05, 0) is 50.7 Å². The molecule has 302 valence electrons. The van der Waals surface area contributed by atoms with Gasteiger partial charge in [-0.25, -0.2) is 22.8 Å². The molecule has 19 heteroatoms. The number of halogens is 3. The zero-order valence-corrected chi connectivity index (χ0v) is 32.7. The lowest BCUT2D eigenvalue weighted by Gasteiger charge is -2.47. The third-order valence-corrected chi connectivity index (χ3v) is 13.9. The van der Waals surface area contributed by atoms with Crippen LogP contribution in [0.5, 0.6) is 11.5 Å². The van der Waals surface area contributed by atoms with Gasteiger partial charge in [0.1, 0.15) is 15.5 Å². The largest absolute Gasteiger partial charge is 0.511 e. The van der Waals surface area contributed by atoms with Gasteiger partial charge in [0.25, 0.3) is 0 Å². The van der Waals surface area contributed by atoms with Crippen LogP contribution in [0.15, 0.2) is 54.6 Å². The number of allylic oxidation sites excluding steroid dienone is 1.